The monoisotopic (exact) mass is 204 g/mol. The quantitative estimate of drug-likeness (QED) is 0.583. The van der Waals surface area contributed by atoms with Gasteiger partial charge in [0.1, 0.15) is 0 Å². The Kier molecular flexibility index (Phi) is 1.70. The van der Waals surface area contributed by atoms with Crippen LogP contribution in [0, 0.1) is 0 Å². The molecule has 0 saturated heterocycles. The van der Waals surface area contributed by atoms with E-state index in [2.05, 4.69) is 9.88 Å². The van der Waals surface area contributed by atoms with E-state index in [1.165, 1.54) is 0 Å². The average Bonchev–Trinajstić information content (AvgIpc) is 2.28. The molecule has 3 heteroatoms. The minimum atomic E-state index is 0.474. The fourth-order valence-corrected chi connectivity index (χ4v) is 2.34. The van der Waals surface area contributed by atoms with Crippen molar-refractivity contribution < 1.29 is 9.47 Å². The van der Waals surface area contributed by atoms with Gasteiger partial charge in [0.2, 0.25) is 0 Å². The maximum atomic E-state index is 5.41. The zero-order valence-corrected chi connectivity index (χ0v) is 7.21. The molecular formula is C7H8O2Se. The van der Waals surface area contributed by atoms with Gasteiger partial charge in [-0.15, -0.1) is 0 Å². The Balaban J connectivity index is 2.28. The first-order chi connectivity index (χ1) is 4.97. The first kappa shape index (κ1) is 6.32. The summed E-state index contributed by atoms with van der Waals surface area (Å²) in [5.74, 6) is 1.94. The van der Waals surface area contributed by atoms with Gasteiger partial charge >= 0.3 is 65.0 Å². The Bertz CT molecular complexity index is 199. The molecule has 0 spiro atoms. The summed E-state index contributed by atoms with van der Waals surface area (Å²) in [6, 6.07) is 0. The van der Waals surface area contributed by atoms with E-state index in [-0.39, 0.29) is 0 Å². The van der Waals surface area contributed by atoms with Crippen molar-refractivity contribution in [2.75, 3.05) is 13.2 Å². The van der Waals surface area contributed by atoms with Crippen LogP contribution in [0.1, 0.15) is 6.42 Å². The van der Waals surface area contributed by atoms with E-state index >= 15 is 0 Å². The maximum absolute atomic E-state index is 5.41. The molecule has 0 aromatic carbocycles. The molecule has 1 aromatic rings. The molecule has 0 unspecified atom stereocenters. The molecule has 1 aromatic heterocycles. The van der Waals surface area contributed by atoms with Gasteiger partial charge in [-0.1, -0.05) is 0 Å². The van der Waals surface area contributed by atoms with Gasteiger partial charge in [0, 0.05) is 0 Å². The molecule has 54 valence electrons. The average molecular weight is 203 g/mol. The van der Waals surface area contributed by atoms with E-state index in [4.69, 9.17) is 9.47 Å². The molecule has 2 heterocycles. The van der Waals surface area contributed by atoms with Crippen LogP contribution in [-0.4, -0.2) is 27.7 Å². The van der Waals surface area contributed by atoms with Gasteiger partial charge in [-0.3, -0.25) is 0 Å². The molecule has 0 fully saturated rings. The number of hydrogen-bond donors (Lipinski definition) is 0. The molecule has 0 saturated carbocycles. The topological polar surface area (TPSA) is 18.5 Å². The van der Waals surface area contributed by atoms with Crippen molar-refractivity contribution in [2.45, 2.75) is 6.42 Å². The van der Waals surface area contributed by atoms with Crippen molar-refractivity contribution in [3.63, 3.8) is 0 Å². The van der Waals surface area contributed by atoms with Crippen LogP contribution in [0.2, 0.25) is 0 Å². The Morgan fingerprint density at radius 1 is 1.10 bits per heavy atom. The SMILES string of the molecule is c1[se]cc2c1OCCCO2. The van der Waals surface area contributed by atoms with Crippen molar-refractivity contribution >= 4 is 14.5 Å². The summed E-state index contributed by atoms with van der Waals surface area (Å²) in [5.41, 5.74) is 0. The van der Waals surface area contributed by atoms with Crippen LogP contribution < -0.4 is 9.47 Å². The van der Waals surface area contributed by atoms with Crippen molar-refractivity contribution in [3.8, 4) is 11.5 Å². The molecule has 0 amide bonds. The van der Waals surface area contributed by atoms with E-state index < -0.39 is 0 Å². The van der Waals surface area contributed by atoms with E-state index in [9.17, 15) is 0 Å². The van der Waals surface area contributed by atoms with Crippen LogP contribution in [0.5, 0.6) is 11.5 Å². The molecule has 10 heavy (non-hydrogen) atoms. The fraction of sp³-hybridized carbons (Fsp3) is 0.429. The van der Waals surface area contributed by atoms with Crippen LogP contribution in [0.25, 0.3) is 0 Å². The first-order valence-electron chi connectivity index (χ1n) is 3.28. The Morgan fingerprint density at radius 2 is 1.70 bits per heavy atom. The normalized spacial score (nSPS) is 16.4. The van der Waals surface area contributed by atoms with Crippen molar-refractivity contribution in [1.82, 2.24) is 0 Å². The van der Waals surface area contributed by atoms with Gasteiger partial charge < -0.3 is 0 Å². The summed E-state index contributed by atoms with van der Waals surface area (Å²) < 4.78 is 10.8. The van der Waals surface area contributed by atoms with Gasteiger partial charge in [0.05, 0.1) is 0 Å². The zero-order chi connectivity index (χ0) is 6.81. The third-order valence-corrected chi connectivity index (χ3v) is 2.87. The van der Waals surface area contributed by atoms with Crippen molar-refractivity contribution in [3.05, 3.63) is 9.88 Å². The summed E-state index contributed by atoms with van der Waals surface area (Å²) in [6.07, 6.45) is 1.00. The first-order valence-corrected chi connectivity index (χ1v) is 5.26. The summed E-state index contributed by atoms with van der Waals surface area (Å²) in [5, 5.41) is 0. The molecule has 2 rings (SSSR count). The molecular weight excluding hydrogens is 195 g/mol. The van der Waals surface area contributed by atoms with Crippen LogP contribution in [-0.2, 0) is 0 Å². The third kappa shape index (κ3) is 1.07. The predicted octanol–water partition coefficient (Wildman–Crippen LogP) is 0.905. The van der Waals surface area contributed by atoms with Gasteiger partial charge in [-0.05, 0) is 0 Å². The minimum absolute atomic E-state index is 0.474. The second-order valence-electron chi connectivity index (χ2n) is 2.15. The second-order valence-corrected chi connectivity index (χ2v) is 3.71. The number of hydrogen-bond acceptors (Lipinski definition) is 2. The molecule has 1 aliphatic heterocycles. The molecule has 1 aliphatic rings. The van der Waals surface area contributed by atoms with Gasteiger partial charge in [0.15, 0.2) is 0 Å². The van der Waals surface area contributed by atoms with E-state index in [1.807, 2.05) is 0 Å². The number of fused-ring (bicyclic) bond motifs is 1. The van der Waals surface area contributed by atoms with Crippen LogP contribution >= 0.6 is 0 Å². The molecule has 2 nitrogen and oxygen atoms in total. The standard InChI is InChI=1S/C7H8O2Se/c1-2-8-6-4-10-5-7(6)9-3-1/h4-5H,1-3H2. The van der Waals surface area contributed by atoms with Gasteiger partial charge in [-0.2, -0.15) is 0 Å². The Morgan fingerprint density at radius 3 is 2.30 bits per heavy atom. The van der Waals surface area contributed by atoms with Crippen LogP contribution in [0.3, 0.4) is 0 Å². The Hall–Kier alpha value is -0.401. The van der Waals surface area contributed by atoms with Gasteiger partial charge in [0.25, 0.3) is 0 Å². The van der Waals surface area contributed by atoms with Gasteiger partial charge in [-0.25, -0.2) is 0 Å². The van der Waals surface area contributed by atoms with Crippen LogP contribution in [0.15, 0.2) is 9.88 Å². The summed E-state index contributed by atoms with van der Waals surface area (Å²) in [7, 11) is 0. The third-order valence-electron chi connectivity index (χ3n) is 1.40. The number of rotatable bonds is 0. The van der Waals surface area contributed by atoms with E-state index in [0.717, 1.165) is 31.1 Å². The van der Waals surface area contributed by atoms with E-state index in [1.54, 1.807) is 0 Å². The zero-order valence-electron chi connectivity index (χ0n) is 5.50. The van der Waals surface area contributed by atoms with E-state index in [0.29, 0.717) is 14.5 Å². The molecule has 0 aliphatic carbocycles. The summed E-state index contributed by atoms with van der Waals surface area (Å²) in [6.45, 7) is 1.61. The summed E-state index contributed by atoms with van der Waals surface area (Å²) >= 11 is 0.474. The number of ether oxygens (including phenoxy) is 2. The molecule has 0 N–H and O–H groups in total. The second kappa shape index (κ2) is 2.69. The predicted molar refractivity (Wildman–Crippen MR) is 39.0 cm³/mol. The molecule has 0 radical (unpaired) electrons. The summed E-state index contributed by atoms with van der Waals surface area (Å²) in [4.78, 5) is 4.24. The molecule has 0 atom stereocenters. The fourth-order valence-electron chi connectivity index (χ4n) is 0.907. The van der Waals surface area contributed by atoms with Crippen molar-refractivity contribution in [2.24, 2.45) is 0 Å². The van der Waals surface area contributed by atoms with Crippen LogP contribution in [0.4, 0.5) is 0 Å². The Labute approximate surface area is 65.5 Å². The van der Waals surface area contributed by atoms with Crippen molar-refractivity contribution in [1.29, 1.82) is 0 Å². The molecule has 0 bridgehead atoms.